The highest BCUT2D eigenvalue weighted by Gasteiger charge is 2.40. The third-order valence-electron chi connectivity index (χ3n) is 4.88. The van der Waals surface area contributed by atoms with E-state index in [-0.39, 0.29) is 5.95 Å². The zero-order chi connectivity index (χ0) is 20.1. The van der Waals surface area contributed by atoms with Gasteiger partial charge in [-0.25, -0.2) is 0 Å². The van der Waals surface area contributed by atoms with Crippen molar-refractivity contribution in [3.63, 3.8) is 0 Å². The molecule has 1 atom stereocenters. The number of hydrogen-bond donors (Lipinski definition) is 1. The fourth-order valence-corrected chi connectivity index (χ4v) is 3.27. The number of nitrogens with zero attached hydrogens (tertiary/aromatic N) is 3. The third-order valence-corrected chi connectivity index (χ3v) is 4.88. The van der Waals surface area contributed by atoms with E-state index in [2.05, 4.69) is 15.4 Å². The number of nitrogens with one attached hydrogen (secondary N) is 1. The molecule has 0 saturated heterocycles. The molecule has 0 fully saturated rings. The summed E-state index contributed by atoms with van der Waals surface area (Å²) in [6.07, 6.45) is -2.73. The van der Waals surface area contributed by atoms with Crippen molar-refractivity contribution in [1.82, 2.24) is 14.8 Å². The predicted octanol–water partition coefficient (Wildman–Crippen LogP) is 5.14. The summed E-state index contributed by atoms with van der Waals surface area (Å²) in [6, 6.07) is 15.5. The van der Waals surface area contributed by atoms with Crippen molar-refractivity contribution >= 4 is 11.6 Å². The first-order valence-corrected chi connectivity index (χ1v) is 8.86. The van der Waals surface area contributed by atoms with Gasteiger partial charge < -0.3 is 5.32 Å². The van der Waals surface area contributed by atoms with E-state index in [9.17, 15) is 13.2 Å². The maximum Gasteiger partial charge on any atom is 0.453 e. The molecule has 3 aromatic rings. The first-order valence-electron chi connectivity index (χ1n) is 8.86. The Hall–Kier alpha value is -3.09. The van der Waals surface area contributed by atoms with Crippen molar-refractivity contribution in [3.05, 3.63) is 82.7 Å². The van der Waals surface area contributed by atoms with Crippen LogP contribution in [0.4, 0.5) is 19.1 Å². The number of alkyl halides is 3. The van der Waals surface area contributed by atoms with Gasteiger partial charge in [-0.1, -0.05) is 59.7 Å². The highest BCUT2D eigenvalue weighted by molar-refractivity contribution is 5.73. The van der Waals surface area contributed by atoms with Gasteiger partial charge in [0.1, 0.15) is 0 Å². The van der Waals surface area contributed by atoms with Gasteiger partial charge in [-0.15, -0.1) is 5.10 Å². The first kappa shape index (κ1) is 18.3. The molecular formula is C21H19F3N4. The molecule has 0 spiro atoms. The summed E-state index contributed by atoms with van der Waals surface area (Å²) in [5, 5.41) is 6.85. The normalized spacial score (nSPS) is 19.0. The molecule has 0 radical (unpaired) electrons. The van der Waals surface area contributed by atoms with Gasteiger partial charge in [-0.3, -0.25) is 0 Å². The maximum absolute atomic E-state index is 13.2. The predicted molar refractivity (Wildman–Crippen MR) is 102 cm³/mol. The zero-order valence-electron chi connectivity index (χ0n) is 15.7. The Morgan fingerprint density at radius 2 is 1.50 bits per heavy atom. The number of halogens is 3. The number of hydrogen-bond acceptors (Lipinski definition) is 3. The lowest BCUT2D eigenvalue weighted by Crippen LogP contribution is -2.35. The van der Waals surface area contributed by atoms with Crippen LogP contribution in [0.1, 0.15) is 35.0 Å². The molecule has 2 heterocycles. The molecule has 0 unspecified atom stereocenters. The summed E-state index contributed by atoms with van der Waals surface area (Å²) in [4.78, 5) is 3.73. The molecule has 4 nitrogen and oxygen atoms in total. The molecule has 0 bridgehead atoms. The molecular weight excluding hydrogens is 365 g/mol. The summed E-state index contributed by atoms with van der Waals surface area (Å²) >= 11 is 0. The molecule has 28 heavy (non-hydrogen) atoms. The molecule has 0 saturated carbocycles. The van der Waals surface area contributed by atoms with Crippen LogP contribution in [0.5, 0.6) is 0 Å². The van der Waals surface area contributed by atoms with Gasteiger partial charge in [-0.2, -0.15) is 22.8 Å². The SMILES string of the molecule is Cc1ccc(C2=C[C@@](C)(c3ccc(C)cc3)Nc3nc(C(F)(F)F)nn32)cc1. The number of rotatable bonds is 2. The Balaban J connectivity index is 1.90. The quantitative estimate of drug-likeness (QED) is 0.665. The van der Waals surface area contributed by atoms with E-state index >= 15 is 0 Å². The van der Waals surface area contributed by atoms with Crippen LogP contribution in [0.2, 0.25) is 0 Å². The average Bonchev–Trinajstić information content (AvgIpc) is 3.06. The fraction of sp³-hybridized carbons (Fsp3) is 0.238. The standard InChI is InChI=1S/C21H19F3N4/c1-13-4-8-15(9-5-13)17-12-20(3,16-10-6-14(2)7-11-16)26-19-25-18(21(22,23)24)27-28(17)19/h4-12H,1-3H3,(H,25,26,27)/t20-/m0/s1. The van der Waals surface area contributed by atoms with E-state index in [1.54, 1.807) is 0 Å². The molecule has 7 heteroatoms. The average molecular weight is 384 g/mol. The second kappa shape index (κ2) is 6.22. The number of fused-ring (bicyclic) bond motifs is 1. The van der Waals surface area contributed by atoms with Crippen LogP contribution >= 0.6 is 0 Å². The molecule has 2 aromatic carbocycles. The van der Waals surface area contributed by atoms with Crippen molar-refractivity contribution in [2.75, 3.05) is 5.32 Å². The van der Waals surface area contributed by atoms with Crippen molar-refractivity contribution in [1.29, 1.82) is 0 Å². The van der Waals surface area contributed by atoms with Gasteiger partial charge in [-0.05, 0) is 32.4 Å². The Morgan fingerprint density at radius 1 is 0.929 bits per heavy atom. The monoisotopic (exact) mass is 384 g/mol. The van der Waals surface area contributed by atoms with Gasteiger partial charge in [0, 0.05) is 5.56 Å². The summed E-state index contributed by atoms with van der Waals surface area (Å²) < 4.78 is 40.9. The van der Waals surface area contributed by atoms with E-state index in [4.69, 9.17) is 0 Å². The minimum absolute atomic E-state index is 0.0634. The van der Waals surface area contributed by atoms with Gasteiger partial charge >= 0.3 is 6.18 Å². The lowest BCUT2D eigenvalue weighted by molar-refractivity contribution is -0.144. The Labute approximate surface area is 160 Å². The van der Waals surface area contributed by atoms with Crippen LogP contribution in [-0.4, -0.2) is 14.8 Å². The van der Waals surface area contributed by atoms with Gasteiger partial charge in [0.25, 0.3) is 5.82 Å². The molecule has 1 aromatic heterocycles. The molecule has 144 valence electrons. The number of anilines is 1. The summed E-state index contributed by atoms with van der Waals surface area (Å²) in [6.45, 7) is 5.86. The molecule has 1 N–H and O–H groups in total. The number of aromatic nitrogens is 3. The topological polar surface area (TPSA) is 42.7 Å². The maximum atomic E-state index is 13.2. The molecule has 4 rings (SSSR count). The third kappa shape index (κ3) is 3.17. The Bertz CT molecular complexity index is 1050. The highest BCUT2D eigenvalue weighted by Crippen LogP contribution is 2.38. The highest BCUT2D eigenvalue weighted by atomic mass is 19.4. The molecule has 0 amide bonds. The Kier molecular flexibility index (Phi) is 4.06. The zero-order valence-corrected chi connectivity index (χ0v) is 15.7. The minimum Gasteiger partial charge on any atom is -0.341 e. The van der Waals surface area contributed by atoms with E-state index < -0.39 is 17.5 Å². The van der Waals surface area contributed by atoms with Crippen molar-refractivity contribution in [2.24, 2.45) is 0 Å². The minimum atomic E-state index is -4.62. The Morgan fingerprint density at radius 3 is 2.07 bits per heavy atom. The van der Waals surface area contributed by atoms with Crippen LogP contribution < -0.4 is 5.32 Å². The number of benzene rings is 2. The fourth-order valence-electron chi connectivity index (χ4n) is 3.27. The van der Waals surface area contributed by atoms with Crippen molar-refractivity contribution in [3.8, 4) is 0 Å². The van der Waals surface area contributed by atoms with E-state index in [1.165, 1.54) is 4.68 Å². The largest absolute Gasteiger partial charge is 0.453 e. The molecule has 0 aliphatic carbocycles. The number of aryl methyl sites for hydroxylation is 2. The lowest BCUT2D eigenvalue weighted by Gasteiger charge is -2.34. The molecule has 1 aliphatic heterocycles. The second-order valence-corrected chi connectivity index (χ2v) is 7.26. The van der Waals surface area contributed by atoms with E-state index in [1.807, 2.05) is 75.4 Å². The van der Waals surface area contributed by atoms with Crippen LogP contribution in [0.25, 0.3) is 5.70 Å². The van der Waals surface area contributed by atoms with Gasteiger partial charge in [0.05, 0.1) is 11.2 Å². The van der Waals surface area contributed by atoms with Crippen molar-refractivity contribution < 1.29 is 13.2 Å². The van der Waals surface area contributed by atoms with E-state index in [0.29, 0.717) is 5.70 Å². The van der Waals surface area contributed by atoms with Crippen LogP contribution in [-0.2, 0) is 11.7 Å². The summed E-state index contributed by atoms with van der Waals surface area (Å²) in [7, 11) is 0. The van der Waals surface area contributed by atoms with Crippen LogP contribution in [0.3, 0.4) is 0 Å². The van der Waals surface area contributed by atoms with Crippen LogP contribution in [0, 0.1) is 13.8 Å². The molecule has 1 aliphatic rings. The lowest BCUT2D eigenvalue weighted by atomic mass is 9.88. The summed E-state index contributed by atoms with van der Waals surface area (Å²) in [5.74, 6) is -1.10. The first-order chi connectivity index (χ1) is 13.2. The van der Waals surface area contributed by atoms with Crippen molar-refractivity contribution in [2.45, 2.75) is 32.5 Å². The second-order valence-electron chi connectivity index (χ2n) is 7.26. The van der Waals surface area contributed by atoms with Crippen LogP contribution in [0.15, 0.2) is 54.6 Å². The summed E-state index contributed by atoms with van der Waals surface area (Å²) in [5.41, 5.74) is 3.68. The van der Waals surface area contributed by atoms with E-state index in [0.717, 1.165) is 22.3 Å². The van der Waals surface area contributed by atoms with Gasteiger partial charge in [0.2, 0.25) is 5.95 Å². The smallest absolute Gasteiger partial charge is 0.341 e. The van der Waals surface area contributed by atoms with Gasteiger partial charge in [0.15, 0.2) is 0 Å².